The molecule has 2 rings (SSSR count). The lowest BCUT2D eigenvalue weighted by molar-refractivity contribution is -0.385. The van der Waals surface area contributed by atoms with Crippen LogP contribution in [0.3, 0.4) is 0 Å². The molecule has 1 aromatic rings. The molecule has 1 aliphatic rings. The molecule has 0 saturated carbocycles. The Bertz CT molecular complexity index is 501. The molecule has 1 amide bonds. The molecule has 1 unspecified atom stereocenters. The summed E-state index contributed by atoms with van der Waals surface area (Å²) in [6.07, 6.45) is 2.71. The Morgan fingerprint density at radius 1 is 1.58 bits per heavy atom. The summed E-state index contributed by atoms with van der Waals surface area (Å²) in [7, 11) is 0. The van der Waals surface area contributed by atoms with Gasteiger partial charge >= 0.3 is 0 Å². The molecule has 2 N–H and O–H groups in total. The minimum Gasteiger partial charge on any atom is -0.348 e. The first-order valence-electron chi connectivity index (χ1n) is 5.96. The molecule has 1 aromatic carbocycles. The Hall–Kier alpha value is -1.60. The van der Waals surface area contributed by atoms with Gasteiger partial charge in [-0.3, -0.25) is 14.9 Å². The van der Waals surface area contributed by atoms with E-state index in [0.29, 0.717) is 6.54 Å². The second kappa shape index (κ2) is 6.03. The zero-order valence-electron chi connectivity index (χ0n) is 10.5. The molecule has 0 radical (unpaired) electrons. The van der Waals surface area contributed by atoms with Crippen LogP contribution in [0.1, 0.15) is 16.8 Å². The number of hydrogen-bond donors (Lipinski definition) is 2. The second-order valence-corrected chi connectivity index (χ2v) is 5.18. The molecule has 102 valence electrons. The summed E-state index contributed by atoms with van der Waals surface area (Å²) in [4.78, 5) is 23.4. The summed E-state index contributed by atoms with van der Waals surface area (Å²) in [5, 5.41) is 16.9. The van der Waals surface area contributed by atoms with Gasteiger partial charge in [0, 0.05) is 23.5 Å². The third-order valence-electron chi connectivity index (χ3n) is 3.04. The van der Waals surface area contributed by atoms with Gasteiger partial charge in [0.1, 0.15) is 5.56 Å². The van der Waals surface area contributed by atoms with Gasteiger partial charge in [-0.25, -0.2) is 0 Å². The SMILES string of the molecule is CSc1ccc([N+](=O)[O-])c(C(=O)NC2CCNC2)c1. The minimum absolute atomic E-state index is 0.0463. The number of nitrogens with one attached hydrogen (secondary N) is 2. The molecule has 1 aliphatic heterocycles. The lowest BCUT2D eigenvalue weighted by Crippen LogP contribution is -2.36. The highest BCUT2D eigenvalue weighted by atomic mass is 32.2. The standard InChI is InChI=1S/C12H15N3O3S/c1-19-9-2-3-11(15(17)18)10(6-9)12(16)14-8-4-5-13-7-8/h2-3,6,8,13H,4-5,7H2,1H3,(H,14,16). The van der Waals surface area contributed by atoms with Gasteiger partial charge in [0.05, 0.1) is 4.92 Å². The number of thioether (sulfide) groups is 1. The topological polar surface area (TPSA) is 84.3 Å². The first-order chi connectivity index (χ1) is 9.11. The molecule has 0 aromatic heterocycles. The first-order valence-corrected chi connectivity index (χ1v) is 7.18. The van der Waals surface area contributed by atoms with Crippen LogP contribution in [0.25, 0.3) is 0 Å². The van der Waals surface area contributed by atoms with E-state index in [1.165, 1.54) is 17.8 Å². The van der Waals surface area contributed by atoms with Gasteiger partial charge in [0.25, 0.3) is 11.6 Å². The second-order valence-electron chi connectivity index (χ2n) is 4.30. The highest BCUT2D eigenvalue weighted by Gasteiger charge is 2.24. The van der Waals surface area contributed by atoms with Crippen LogP contribution in [-0.2, 0) is 0 Å². The van der Waals surface area contributed by atoms with Crippen LogP contribution in [0, 0.1) is 10.1 Å². The molecule has 1 heterocycles. The van der Waals surface area contributed by atoms with Crippen LogP contribution >= 0.6 is 11.8 Å². The van der Waals surface area contributed by atoms with Crippen molar-refractivity contribution in [2.75, 3.05) is 19.3 Å². The number of amides is 1. The van der Waals surface area contributed by atoms with Crippen molar-refractivity contribution in [3.8, 4) is 0 Å². The summed E-state index contributed by atoms with van der Waals surface area (Å²) in [6.45, 7) is 1.57. The van der Waals surface area contributed by atoms with E-state index < -0.39 is 4.92 Å². The Morgan fingerprint density at radius 2 is 2.37 bits per heavy atom. The zero-order valence-corrected chi connectivity index (χ0v) is 11.3. The maximum Gasteiger partial charge on any atom is 0.282 e. The van der Waals surface area contributed by atoms with Gasteiger partial charge in [-0.1, -0.05) is 0 Å². The number of nitro groups is 1. The first kappa shape index (κ1) is 13.8. The molecule has 0 aliphatic carbocycles. The molecular formula is C12H15N3O3S. The summed E-state index contributed by atoms with van der Waals surface area (Å²) in [5.74, 6) is -0.378. The maximum atomic E-state index is 12.1. The van der Waals surface area contributed by atoms with Gasteiger partial charge in [0.2, 0.25) is 0 Å². The smallest absolute Gasteiger partial charge is 0.282 e. The van der Waals surface area contributed by atoms with Crippen molar-refractivity contribution < 1.29 is 9.72 Å². The van der Waals surface area contributed by atoms with E-state index in [2.05, 4.69) is 10.6 Å². The fourth-order valence-corrected chi connectivity index (χ4v) is 2.46. The van der Waals surface area contributed by atoms with Crippen LogP contribution in [-0.4, -0.2) is 36.2 Å². The number of benzene rings is 1. The Balaban J connectivity index is 2.24. The van der Waals surface area contributed by atoms with Crippen LogP contribution in [0.15, 0.2) is 23.1 Å². The zero-order chi connectivity index (χ0) is 13.8. The highest BCUT2D eigenvalue weighted by molar-refractivity contribution is 7.98. The van der Waals surface area contributed by atoms with Gasteiger partial charge in [-0.05, 0) is 31.4 Å². The van der Waals surface area contributed by atoms with Crippen molar-refractivity contribution in [3.05, 3.63) is 33.9 Å². The van der Waals surface area contributed by atoms with Gasteiger partial charge in [0.15, 0.2) is 0 Å². The van der Waals surface area contributed by atoms with Crippen molar-refractivity contribution in [1.82, 2.24) is 10.6 Å². The summed E-state index contributed by atoms with van der Waals surface area (Å²) in [5.41, 5.74) is -0.0231. The van der Waals surface area contributed by atoms with Crippen molar-refractivity contribution in [2.24, 2.45) is 0 Å². The third-order valence-corrected chi connectivity index (χ3v) is 3.77. The van der Waals surface area contributed by atoms with E-state index >= 15 is 0 Å². The predicted octanol–water partition coefficient (Wildman–Crippen LogP) is 1.41. The lowest BCUT2D eigenvalue weighted by atomic mass is 10.1. The van der Waals surface area contributed by atoms with Crippen molar-refractivity contribution in [1.29, 1.82) is 0 Å². The molecule has 19 heavy (non-hydrogen) atoms. The fourth-order valence-electron chi connectivity index (χ4n) is 2.02. The molecular weight excluding hydrogens is 266 g/mol. The average molecular weight is 281 g/mol. The molecule has 6 nitrogen and oxygen atoms in total. The fraction of sp³-hybridized carbons (Fsp3) is 0.417. The molecule has 7 heteroatoms. The van der Waals surface area contributed by atoms with Crippen LogP contribution < -0.4 is 10.6 Å². The molecule has 0 bridgehead atoms. The van der Waals surface area contributed by atoms with Gasteiger partial charge in [-0.2, -0.15) is 0 Å². The number of nitrogens with zero attached hydrogens (tertiary/aromatic N) is 1. The van der Waals surface area contributed by atoms with Crippen LogP contribution in [0.5, 0.6) is 0 Å². The molecule has 0 spiro atoms. The normalized spacial score (nSPS) is 18.3. The van der Waals surface area contributed by atoms with E-state index in [1.54, 1.807) is 12.1 Å². The van der Waals surface area contributed by atoms with E-state index in [0.717, 1.165) is 17.9 Å². The minimum atomic E-state index is -0.522. The summed E-state index contributed by atoms with van der Waals surface area (Å²) in [6, 6.07) is 4.65. The van der Waals surface area contributed by atoms with Crippen molar-refractivity contribution in [2.45, 2.75) is 17.4 Å². The van der Waals surface area contributed by atoms with E-state index in [-0.39, 0.29) is 23.2 Å². The van der Waals surface area contributed by atoms with E-state index in [1.807, 2.05) is 6.26 Å². The monoisotopic (exact) mass is 281 g/mol. The number of rotatable bonds is 4. The Labute approximate surface area is 115 Å². The highest BCUT2D eigenvalue weighted by Crippen LogP contribution is 2.24. The van der Waals surface area contributed by atoms with Crippen molar-refractivity contribution in [3.63, 3.8) is 0 Å². The summed E-state index contributed by atoms with van der Waals surface area (Å²) < 4.78 is 0. The molecule has 1 saturated heterocycles. The van der Waals surface area contributed by atoms with E-state index in [9.17, 15) is 14.9 Å². The average Bonchev–Trinajstić information content (AvgIpc) is 2.90. The van der Waals surface area contributed by atoms with Crippen LogP contribution in [0.4, 0.5) is 5.69 Å². The predicted molar refractivity (Wildman–Crippen MR) is 73.6 cm³/mol. The number of carbonyl (C=O) groups is 1. The number of nitro benzene ring substituents is 1. The van der Waals surface area contributed by atoms with Crippen LogP contribution in [0.2, 0.25) is 0 Å². The number of hydrogen-bond acceptors (Lipinski definition) is 5. The number of carbonyl (C=O) groups excluding carboxylic acids is 1. The maximum absolute atomic E-state index is 12.1. The van der Waals surface area contributed by atoms with Gasteiger partial charge in [-0.15, -0.1) is 11.8 Å². The Morgan fingerprint density at radius 3 is 2.95 bits per heavy atom. The van der Waals surface area contributed by atoms with Gasteiger partial charge < -0.3 is 10.6 Å². The largest absolute Gasteiger partial charge is 0.348 e. The Kier molecular flexibility index (Phi) is 4.39. The summed E-state index contributed by atoms with van der Waals surface area (Å²) >= 11 is 1.45. The van der Waals surface area contributed by atoms with Crippen molar-refractivity contribution >= 4 is 23.4 Å². The molecule has 1 fully saturated rings. The quantitative estimate of drug-likeness (QED) is 0.495. The van der Waals surface area contributed by atoms with E-state index in [4.69, 9.17) is 0 Å². The molecule has 1 atom stereocenters. The third kappa shape index (κ3) is 3.24. The lowest BCUT2D eigenvalue weighted by Gasteiger charge is -2.11.